The van der Waals surface area contributed by atoms with E-state index in [4.69, 9.17) is 5.11 Å². The number of hydrogen-bond donors (Lipinski definition) is 1. The van der Waals surface area contributed by atoms with Crippen LogP contribution in [0.15, 0.2) is 16.5 Å². The molecule has 0 amide bonds. The number of carbonyl (C=O) groups is 1. The van der Waals surface area contributed by atoms with Crippen molar-refractivity contribution in [3.63, 3.8) is 0 Å². The molecule has 1 aromatic rings. The molecule has 0 saturated carbocycles. The summed E-state index contributed by atoms with van der Waals surface area (Å²) in [6, 6.07) is 1.83. The van der Waals surface area contributed by atoms with Crippen LogP contribution < -0.4 is 0 Å². The van der Waals surface area contributed by atoms with E-state index in [0.29, 0.717) is 0 Å². The summed E-state index contributed by atoms with van der Waals surface area (Å²) in [5, 5.41) is 8.53. The van der Waals surface area contributed by atoms with Gasteiger partial charge in [-0.1, -0.05) is 0 Å². The minimum absolute atomic E-state index is 0.457. The molecule has 20 heavy (non-hydrogen) atoms. The van der Waals surface area contributed by atoms with Crippen molar-refractivity contribution in [1.29, 1.82) is 0 Å². The minimum atomic E-state index is -5.64. The van der Waals surface area contributed by atoms with Gasteiger partial charge in [-0.2, -0.15) is 26.3 Å². The number of furan rings is 1. The maximum atomic E-state index is 12.3. The van der Waals surface area contributed by atoms with Crippen molar-refractivity contribution in [2.45, 2.75) is 31.5 Å². The first-order valence-corrected chi connectivity index (χ1v) is 5.05. The molecule has 0 aliphatic rings. The van der Waals surface area contributed by atoms with Crippen molar-refractivity contribution in [1.82, 2.24) is 0 Å². The van der Waals surface area contributed by atoms with E-state index in [1.54, 1.807) is 0 Å². The predicted octanol–water partition coefficient (Wildman–Crippen LogP) is 3.55. The maximum absolute atomic E-state index is 12.3. The highest BCUT2D eigenvalue weighted by Crippen LogP contribution is 2.38. The Kier molecular flexibility index (Phi) is 4.37. The summed E-state index contributed by atoms with van der Waals surface area (Å²) in [4.78, 5) is 10.5. The van der Waals surface area contributed by atoms with E-state index in [0.717, 1.165) is 19.1 Å². The standard InChI is InChI=1S/C10H8F6O4/c1-4(5-2-3-6(20-5)7(17)18)19-8(9(11,12)13)10(14,15)16/h2-4,8H,1H3,(H,17,18). The smallest absolute Gasteiger partial charge is 0.423 e. The molecule has 0 aliphatic carbocycles. The molecule has 10 heteroatoms. The molecule has 0 saturated heterocycles. The van der Waals surface area contributed by atoms with Gasteiger partial charge in [0, 0.05) is 0 Å². The average Bonchev–Trinajstić information content (AvgIpc) is 2.71. The fourth-order valence-corrected chi connectivity index (χ4v) is 1.30. The summed E-state index contributed by atoms with van der Waals surface area (Å²) >= 11 is 0. The van der Waals surface area contributed by atoms with Crippen molar-refractivity contribution >= 4 is 5.97 Å². The van der Waals surface area contributed by atoms with E-state index in [9.17, 15) is 31.1 Å². The van der Waals surface area contributed by atoms with Gasteiger partial charge >= 0.3 is 18.3 Å². The van der Waals surface area contributed by atoms with Crippen LogP contribution in [-0.2, 0) is 4.74 Å². The molecule has 1 atom stereocenters. The summed E-state index contributed by atoms with van der Waals surface area (Å²) in [6.07, 6.45) is -17.0. The third-order valence-corrected chi connectivity index (χ3v) is 2.17. The van der Waals surface area contributed by atoms with Gasteiger partial charge in [0.1, 0.15) is 11.9 Å². The van der Waals surface area contributed by atoms with Gasteiger partial charge in [-0.15, -0.1) is 0 Å². The largest absolute Gasteiger partial charge is 0.475 e. The number of rotatable bonds is 4. The van der Waals surface area contributed by atoms with Crippen molar-refractivity contribution in [3.8, 4) is 0 Å². The van der Waals surface area contributed by atoms with Crippen LogP contribution in [0.1, 0.15) is 29.3 Å². The molecule has 0 fully saturated rings. The van der Waals surface area contributed by atoms with Crippen molar-refractivity contribution in [2.24, 2.45) is 0 Å². The molecule has 1 aromatic heterocycles. The fraction of sp³-hybridized carbons (Fsp3) is 0.500. The Morgan fingerprint density at radius 2 is 1.70 bits per heavy atom. The van der Waals surface area contributed by atoms with Crippen LogP contribution in [0.3, 0.4) is 0 Å². The third-order valence-electron chi connectivity index (χ3n) is 2.17. The zero-order valence-corrected chi connectivity index (χ0v) is 9.75. The van der Waals surface area contributed by atoms with Crippen LogP contribution in [0.4, 0.5) is 26.3 Å². The minimum Gasteiger partial charge on any atom is -0.475 e. The topological polar surface area (TPSA) is 59.7 Å². The van der Waals surface area contributed by atoms with E-state index in [-0.39, 0.29) is 0 Å². The molecule has 1 rings (SSSR count). The lowest BCUT2D eigenvalue weighted by Gasteiger charge is -2.25. The van der Waals surface area contributed by atoms with Crippen LogP contribution in [0.5, 0.6) is 0 Å². The first-order valence-electron chi connectivity index (χ1n) is 5.05. The predicted molar refractivity (Wildman–Crippen MR) is 51.1 cm³/mol. The summed E-state index contributed by atoms with van der Waals surface area (Å²) in [7, 11) is 0. The number of ether oxygens (including phenoxy) is 1. The van der Waals surface area contributed by atoms with Crippen LogP contribution >= 0.6 is 0 Å². The summed E-state index contributed by atoms with van der Waals surface area (Å²) in [6.45, 7) is 0.884. The van der Waals surface area contributed by atoms with Gasteiger partial charge in [-0.25, -0.2) is 4.79 Å². The zero-order valence-electron chi connectivity index (χ0n) is 9.75. The first kappa shape index (κ1) is 16.3. The van der Waals surface area contributed by atoms with Gasteiger partial charge in [-0.3, -0.25) is 0 Å². The molecule has 0 bridgehead atoms. The first-order chi connectivity index (χ1) is 8.93. The van der Waals surface area contributed by atoms with Crippen molar-refractivity contribution in [3.05, 3.63) is 23.7 Å². The Bertz CT molecular complexity index is 461. The highest BCUT2D eigenvalue weighted by Gasteiger charge is 2.58. The van der Waals surface area contributed by atoms with Gasteiger partial charge in [0.25, 0.3) is 0 Å². The number of carboxylic acids is 1. The van der Waals surface area contributed by atoms with Crippen molar-refractivity contribution in [2.75, 3.05) is 0 Å². The summed E-state index contributed by atoms with van der Waals surface area (Å²) in [5.74, 6) is -2.58. The van der Waals surface area contributed by atoms with Crippen LogP contribution in [0.25, 0.3) is 0 Å². The Morgan fingerprint density at radius 1 is 1.20 bits per heavy atom. The molecule has 0 aromatic carbocycles. The van der Waals surface area contributed by atoms with Crippen LogP contribution in [0.2, 0.25) is 0 Å². The number of halogens is 6. The molecule has 0 radical (unpaired) electrons. The Morgan fingerprint density at radius 3 is 2.05 bits per heavy atom. The molecule has 1 unspecified atom stereocenters. The second kappa shape index (κ2) is 5.35. The normalized spacial score (nSPS) is 14.6. The van der Waals surface area contributed by atoms with Crippen molar-refractivity contribution < 1.29 is 45.4 Å². The SMILES string of the molecule is CC(OC(C(F)(F)F)C(F)(F)F)c1ccc(C(=O)O)o1. The van der Waals surface area contributed by atoms with E-state index in [1.807, 2.05) is 0 Å². The van der Waals surface area contributed by atoms with E-state index < -0.39 is 42.1 Å². The summed E-state index contributed by atoms with van der Waals surface area (Å²) in [5.41, 5.74) is 0. The van der Waals surface area contributed by atoms with Gasteiger partial charge in [0.15, 0.2) is 0 Å². The highest BCUT2D eigenvalue weighted by atomic mass is 19.4. The highest BCUT2D eigenvalue weighted by molar-refractivity contribution is 5.84. The third kappa shape index (κ3) is 3.89. The second-order valence-electron chi connectivity index (χ2n) is 3.75. The van der Waals surface area contributed by atoms with Gasteiger partial charge < -0.3 is 14.3 Å². The molecule has 0 aliphatic heterocycles. The zero-order chi connectivity index (χ0) is 15.7. The number of hydrogen-bond acceptors (Lipinski definition) is 3. The quantitative estimate of drug-likeness (QED) is 0.864. The van der Waals surface area contributed by atoms with Gasteiger partial charge in [0.05, 0.1) is 0 Å². The number of aromatic carboxylic acids is 1. The average molecular weight is 306 g/mol. The molecule has 0 spiro atoms. The number of carboxylic acid groups (broad SMARTS) is 1. The maximum Gasteiger partial charge on any atom is 0.423 e. The Balaban J connectivity index is 2.91. The second-order valence-corrected chi connectivity index (χ2v) is 3.75. The van der Waals surface area contributed by atoms with Crippen LogP contribution in [-0.4, -0.2) is 29.5 Å². The molecular weight excluding hydrogens is 298 g/mol. The fourth-order valence-electron chi connectivity index (χ4n) is 1.30. The lowest BCUT2D eigenvalue weighted by atomic mass is 10.2. The molecule has 1 N–H and O–H groups in total. The van der Waals surface area contributed by atoms with E-state index in [2.05, 4.69) is 9.15 Å². The molecular formula is C10H8F6O4. The van der Waals surface area contributed by atoms with Gasteiger partial charge in [0.2, 0.25) is 11.9 Å². The monoisotopic (exact) mass is 306 g/mol. The molecule has 114 valence electrons. The molecule has 4 nitrogen and oxygen atoms in total. The molecule has 1 heterocycles. The lowest BCUT2D eigenvalue weighted by molar-refractivity contribution is -0.331. The van der Waals surface area contributed by atoms with E-state index >= 15 is 0 Å². The van der Waals surface area contributed by atoms with Crippen LogP contribution in [0, 0.1) is 0 Å². The summed E-state index contributed by atoms with van der Waals surface area (Å²) < 4.78 is 82.0. The Hall–Kier alpha value is -1.71. The number of alkyl halides is 6. The van der Waals surface area contributed by atoms with Gasteiger partial charge in [-0.05, 0) is 19.1 Å². The lowest BCUT2D eigenvalue weighted by Crippen LogP contribution is -2.44. The Labute approximate surface area is 107 Å². The van der Waals surface area contributed by atoms with E-state index in [1.165, 1.54) is 0 Å².